The molecule has 0 saturated carbocycles. The van der Waals surface area contributed by atoms with Gasteiger partial charge in [0, 0.05) is 25.0 Å². The summed E-state index contributed by atoms with van der Waals surface area (Å²) in [6.45, 7) is 2.14. The maximum atomic E-state index is 12.3. The van der Waals surface area contributed by atoms with Crippen LogP contribution < -0.4 is 10.2 Å². The molecule has 1 aliphatic rings. The van der Waals surface area contributed by atoms with Crippen molar-refractivity contribution in [3.8, 4) is 0 Å². The van der Waals surface area contributed by atoms with E-state index in [1.807, 2.05) is 36.4 Å². The van der Waals surface area contributed by atoms with Gasteiger partial charge in [0.25, 0.3) is 0 Å². The van der Waals surface area contributed by atoms with Gasteiger partial charge in [-0.05, 0) is 43.5 Å². The third-order valence-electron chi connectivity index (χ3n) is 4.08. The second-order valence-electron chi connectivity index (χ2n) is 5.93. The third kappa shape index (κ3) is 4.74. The Kier molecular flexibility index (Phi) is 6.13. The number of nitrogens with zero attached hydrogens (tertiary/aromatic N) is 2. The maximum Gasteiger partial charge on any atom is 0.234 e. The molecule has 24 heavy (non-hydrogen) atoms. The zero-order valence-corrected chi connectivity index (χ0v) is 14.6. The van der Waals surface area contributed by atoms with Crippen LogP contribution in [0, 0.1) is 0 Å². The minimum Gasteiger partial charge on any atom is -0.370 e. The van der Waals surface area contributed by atoms with Gasteiger partial charge in [0.1, 0.15) is 0 Å². The molecule has 4 nitrogen and oxygen atoms in total. The predicted molar refractivity (Wildman–Crippen MR) is 102 cm³/mol. The monoisotopic (exact) mass is 341 g/mol. The van der Waals surface area contributed by atoms with Gasteiger partial charge in [-0.2, -0.15) is 0 Å². The Hall–Kier alpha value is -2.01. The van der Waals surface area contributed by atoms with Crippen molar-refractivity contribution in [3.63, 3.8) is 0 Å². The van der Waals surface area contributed by atoms with E-state index in [1.54, 1.807) is 18.0 Å². The van der Waals surface area contributed by atoms with Gasteiger partial charge in [-0.1, -0.05) is 18.2 Å². The van der Waals surface area contributed by atoms with Gasteiger partial charge < -0.3 is 10.2 Å². The van der Waals surface area contributed by atoms with Gasteiger partial charge in [0.05, 0.1) is 22.8 Å². The minimum absolute atomic E-state index is 0.0420. The highest BCUT2D eigenvalue weighted by atomic mass is 32.2. The first-order chi connectivity index (χ1) is 11.8. The quantitative estimate of drug-likeness (QED) is 0.864. The number of thioether (sulfide) groups is 1. The number of para-hydroxylation sites is 2. The van der Waals surface area contributed by atoms with Crippen molar-refractivity contribution in [3.05, 3.63) is 54.4 Å². The molecule has 5 heteroatoms. The van der Waals surface area contributed by atoms with Crippen molar-refractivity contribution in [2.45, 2.75) is 25.0 Å². The van der Waals surface area contributed by atoms with Crippen LogP contribution in [0.1, 0.15) is 25.0 Å². The van der Waals surface area contributed by atoms with Crippen LogP contribution in [0.3, 0.4) is 0 Å². The molecule has 1 saturated heterocycles. The lowest BCUT2D eigenvalue weighted by molar-refractivity contribution is -0.113. The highest BCUT2D eigenvalue weighted by Gasteiger charge is 2.15. The van der Waals surface area contributed by atoms with Crippen LogP contribution in [0.2, 0.25) is 0 Å². The van der Waals surface area contributed by atoms with Crippen molar-refractivity contribution in [2.75, 3.05) is 29.1 Å². The molecule has 0 aliphatic carbocycles. The average molecular weight is 341 g/mol. The van der Waals surface area contributed by atoms with E-state index in [1.165, 1.54) is 19.3 Å². The van der Waals surface area contributed by atoms with Crippen LogP contribution in [-0.2, 0) is 10.5 Å². The zero-order chi connectivity index (χ0) is 16.6. The number of hydrogen-bond acceptors (Lipinski definition) is 4. The molecule has 1 fully saturated rings. The molecule has 2 heterocycles. The molecular formula is C19H23N3OS. The van der Waals surface area contributed by atoms with Crippen molar-refractivity contribution in [2.24, 2.45) is 0 Å². The molecule has 1 aromatic carbocycles. The summed E-state index contributed by atoms with van der Waals surface area (Å²) in [4.78, 5) is 18.9. The first kappa shape index (κ1) is 16.8. The number of nitrogens with one attached hydrogen (secondary N) is 1. The number of aromatic nitrogens is 1. The molecule has 2 aromatic rings. The molecule has 0 radical (unpaired) electrons. The summed E-state index contributed by atoms with van der Waals surface area (Å²) in [6, 6.07) is 14.0. The summed E-state index contributed by atoms with van der Waals surface area (Å²) in [5.74, 6) is 1.23. The van der Waals surface area contributed by atoms with E-state index in [2.05, 4.69) is 21.3 Å². The molecule has 126 valence electrons. The van der Waals surface area contributed by atoms with E-state index >= 15 is 0 Å². The first-order valence-corrected chi connectivity index (χ1v) is 9.60. The van der Waals surface area contributed by atoms with Crippen LogP contribution in [0.25, 0.3) is 0 Å². The molecule has 1 aliphatic heterocycles. The van der Waals surface area contributed by atoms with Crippen molar-refractivity contribution in [1.29, 1.82) is 0 Å². The van der Waals surface area contributed by atoms with Crippen molar-refractivity contribution in [1.82, 2.24) is 4.98 Å². The third-order valence-corrected chi connectivity index (χ3v) is 5.05. The highest BCUT2D eigenvalue weighted by molar-refractivity contribution is 7.99. The Morgan fingerprint density at radius 1 is 1.08 bits per heavy atom. The van der Waals surface area contributed by atoms with Gasteiger partial charge in [-0.15, -0.1) is 11.8 Å². The fourth-order valence-electron chi connectivity index (χ4n) is 2.91. The van der Waals surface area contributed by atoms with E-state index in [-0.39, 0.29) is 5.91 Å². The Morgan fingerprint density at radius 3 is 2.67 bits per heavy atom. The van der Waals surface area contributed by atoms with Crippen LogP contribution in [0.5, 0.6) is 0 Å². The Morgan fingerprint density at radius 2 is 1.88 bits per heavy atom. The maximum absolute atomic E-state index is 12.3. The normalized spacial score (nSPS) is 14.4. The van der Waals surface area contributed by atoms with Crippen LogP contribution in [-0.4, -0.2) is 29.7 Å². The molecule has 0 unspecified atom stereocenters. The van der Waals surface area contributed by atoms with Gasteiger partial charge in [0.15, 0.2) is 0 Å². The zero-order valence-electron chi connectivity index (χ0n) is 13.8. The number of pyridine rings is 1. The second-order valence-corrected chi connectivity index (χ2v) is 6.91. The lowest BCUT2D eigenvalue weighted by Gasteiger charge is -2.30. The smallest absolute Gasteiger partial charge is 0.234 e. The number of piperidine rings is 1. The number of rotatable bonds is 6. The Bertz CT molecular complexity index is 657. The summed E-state index contributed by atoms with van der Waals surface area (Å²) >= 11 is 1.59. The fraction of sp³-hybridized carbons (Fsp3) is 0.368. The van der Waals surface area contributed by atoms with Crippen LogP contribution >= 0.6 is 11.8 Å². The van der Waals surface area contributed by atoms with E-state index in [4.69, 9.17) is 0 Å². The lowest BCUT2D eigenvalue weighted by Crippen LogP contribution is -2.30. The highest BCUT2D eigenvalue weighted by Crippen LogP contribution is 2.28. The summed E-state index contributed by atoms with van der Waals surface area (Å²) in [7, 11) is 0. The van der Waals surface area contributed by atoms with E-state index in [0.717, 1.165) is 35.9 Å². The molecule has 0 bridgehead atoms. The lowest BCUT2D eigenvalue weighted by atomic mass is 10.1. The number of carbonyl (C=O) groups excluding carboxylic acids is 1. The standard InChI is InChI=1S/C19H23N3OS/c23-19(15-24-14-16-8-4-5-11-20-16)21-17-9-2-3-10-18(17)22-12-6-1-7-13-22/h2-5,8-11H,1,6-7,12-15H2,(H,21,23). The first-order valence-electron chi connectivity index (χ1n) is 8.44. The summed E-state index contributed by atoms with van der Waals surface area (Å²) < 4.78 is 0. The number of hydrogen-bond donors (Lipinski definition) is 1. The SMILES string of the molecule is O=C(CSCc1ccccn1)Nc1ccccc1N1CCCCC1. The van der Waals surface area contributed by atoms with Crippen molar-refractivity contribution >= 4 is 29.0 Å². The predicted octanol–water partition coefficient (Wildman–Crippen LogP) is 3.94. The topological polar surface area (TPSA) is 45.2 Å². The van der Waals surface area contributed by atoms with Gasteiger partial charge in [-0.3, -0.25) is 9.78 Å². The second kappa shape index (κ2) is 8.73. The fourth-order valence-corrected chi connectivity index (χ4v) is 3.65. The number of amides is 1. The molecule has 0 atom stereocenters. The summed E-state index contributed by atoms with van der Waals surface area (Å²) in [5.41, 5.74) is 3.06. The molecule has 3 rings (SSSR count). The number of benzene rings is 1. The Balaban J connectivity index is 1.54. The number of anilines is 2. The summed E-state index contributed by atoms with van der Waals surface area (Å²) in [5, 5.41) is 3.07. The molecule has 0 spiro atoms. The van der Waals surface area contributed by atoms with E-state index < -0.39 is 0 Å². The molecule has 1 aromatic heterocycles. The molecule has 1 amide bonds. The Labute approximate surface area is 147 Å². The van der Waals surface area contributed by atoms with E-state index in [0.29, 0.717) is 5.75 Å². The number of carbonyl (C=O) groups is 1. The van der Waals surface area contributed by atoms with Gasteiger partial charge in [0.2, 0.25) is 5.91 Å². The molecular weight excluding hydrogens is 318 g/mol. The summed E-state index contributed by atoms with van der Waals surface area (Å²) in [6.07, 6.45) is 5.53. The molecule has 1 N–H and O–H groups in total. The largest absolute Gasteiger partial charge is 0.370 e. The van der Waals surface area contributed by atoms with Gasteiger partial charge >= 0.3 is 0 Å². The average Bonchev–Trinajstić information content (AvgIpc) is 2.64. The minimum atomic E-state index is 0.0420. The van der Waals surface area contributed by atoms with Crippen LogP contribution in [0.4, 0.5) is 11.4 Å². The van der Waals surface area contributed by atoms with Crippen molar-refractivity contribution < 1.29 is 4.79 Å². The van der Waals surface area contributed by atoms with Crippen LogP contribution in [0.15, 0.2) is 48.7 Å². The van der Waals surface area contributed by atoms with Gasteiger partial charge in [-0.25, -0.2) is 0 Å². The van der Waals surface area contributed by atoms with E-state index in [9.17, 15) is 4.79 Å².